The topological polar surface area (TPSA) is 82.8 Å². The molecule has 4 rings (SSSR count). The number of hydrogen-bond donors (Lipinski definition) is 1. The van der Waals surface area contributed by atoms with Crippen molar-refractivity contribution in [1.82, 2.24) is 10.2 Å². The zero-order chi connectivity index (χ0) is 21.5. The number of fused-ring (bicyclic) bond motifs is 3. The van der Waals surface area contributed by atoms with Gasteiger partial charge >= 0.3 is 12.1 Å². The van der Waals surface area contributed by atoms with Crippen molar-refractivity contribution in [3.05, 3.63) is 23.2 Å². The second-order valence-electron chi connectivity index (χ2n) is 7.72. The first-order chi connectivity index (χ1) is 14.2. The van der Waals surface area contributed by atoms with Crippen LogP contribution >= 0.6 is 11.3 Å². The predicted octanol–water partition coefficient (Wildman–Crippen LogP) is 5.49. The van der Waals surface area contributed by atoms with Crippen LogP contribution in [0.1, 0.15) is 45.1 Å². The fourth-order valence-corrected chi connectivity index (χ4v) is 5.01. The Morgan fingerprint density at radius 3 is 2.83 bits per heavy atom. The molecule has 2 aliphatic rings. The normalized spacial score (nSPS) is 23.5. The smallest absolute Gasteiger partial charge is 0.368 e. The number of rotatable bonds is 4. The second-order valence-corrected chi connectivity index (χ2v) is 8.54. The standard InChI is InChI=1S/C19H21F3N6OS/c1-3-28-14-9-12(24-16(29)19(20,21)22)13(25-27-17-26-23-10-30-17)8-11(14)18(2)7-5-4-6-15(18)28/h8-10,15H,3-7H2,1-2H3,(H,24,29). The molecule has 160 valence electrons. The van der Waals surface area contributed by atoms with Gasteiger partial charge in [-0.05, 0) is 37.5 Å². The number of azo groups is 1. The fourth-order valence-electron chi connectivity index (χ4n) is 4.64. The first kappa shape index (κ1) is 20.7. The van der Waals surface area contributed by atoms with Gasteiger partial charge in [-0.2, -0.15) is 13.2 Å². The zero-order valence-electron chi connectivity index (χ0n) is 16.5. The number of amides is 1. The summed E-state index contributed by atoms with van der Waals surface area (Å²) >= 11 is 1.15. The van der Waals surface area contributed by atoms with Crippen molar-refractivity contribution in [2.45, 2.75) is 57.2 Å². The van der Waals surface area contributed by atoms with Crippen LogP contribution in [0.25, 0.3) is 0 Å². The van der Waals surface area contributed by atoms with E-state index in [0.29, 0.717) is 0 Å². The molecule has 2 heterocycles. The van der Waals surface area contributed by atoms with Gasteiger partial charge in [0.1, 0.15) is 11.2 Å². The summed E-state index contributed by atoms with van der Waals surface area (Å²) in [6.45, 7) is 4.96. The lowest BCUT2D eigenvalue weighted by Gasteiger charge is -2.40. The van der Waals surface area contributed by atoms with Crippen molar-refractivity contribution in [3.8, 4) is 0 Å². The summed E-state index contributed by atoms with van der Waals surface area (Å²) in [5.41, 5.74) is 3.39. The molecule has 0 radical (unpaired) electrons. The maximum absolute atomic E-state index is 12.9. The summed E-state index contributed by atoms with van der Waals surface area (Å²) in [6.07, 6.45) is -0.783. The van der Waals surface area contributed by atoms with E-state index in [1.165, 1.54) is 5.51 Å². The molecule has 30 heavy (non-hydrogen) atoms. The Labute approximate surface area is 175 Å². The van der Waals surface area contributed by atoms with Gasteiger partial charge in [0.2, 0.25) is 0 Å². The molecular formula is C19H21F3N6OS. The lowest BCUT2D eigenvalue weighted by atomic mass is 9.69. The molecule has 1 fully saturated rings. The van der Waals surface area contributed by atoms with Crippen molar-refractivity contribution in [3.63, 3.8) is 0 Å². The number of benzene rings is 1. The van der Waals surface area contributed by atoms with Gasteiger partial charge in [0.15, 0.2) is 0 Å². The van der Waals surface area contributed by atoms with E-state index < -0.39 is 12.1 Å². The highest BCUT2D eigenvalue weighted by molar-refractivity contribution is 7.13. The number of aromatic nitrogens is 2. The molecule has 0 spiro atoms. The van der Waals surface area contributed by atoms with E-state index >= 15 is 0 Å². The molecule has 1 saturated carbocycles. The van der Waals surface area contributed by atoms with Gasteiger partial charge in [0, 0.05) is 23.7 Å². The lowest BCUT2D eigenvalue weighted by Crippen LogP contribution is -2.45. The number of nitrogens with zero attached hydrogens (tertiary/aromatic N) is 5. The molecule has 2 unspecified atom stereocenters. The summed E-state index contributed by atoms with van der Waals surface area (Å²) in [5, 5.41) is 17.8. The number of carbonyl (C=O) groups is 1. The number of nitrogens with one attached hydrogen (secondary N) is 1. The molecule has 1 amide bonds. The van der Waals surface area contributed by atoms with Crippen LogP contribution in [0.4, 0.5) is 35.4 Å². The van der Waals surface area contributed by atoms with Crippen LogP contribution in [-0.2, 0) is 10.2 Å². The van der Waals surface area contributed by atoms with Gasteiger partial charge < -0.3 is 10.2 Å². The van der Waals surface area contributed by atoms with Crippen molar-refractivity contribution in [1.29, 1.82) is 0 Å². The predicted molar refractivity (Wildman–Crippen MR) is 108 cm³/mol. The number of hydrogen-bond acceptors (Lipinski definition) is 7. The highest BCUT2D eigenvalue weighted by Gasteiger charge is 2.49. The van der Waals surface area contributed by atoms with Crippen LogP contribution in [-0.4, -0.2) is 34.9 Å². The molecule has 1 aliphatic carbocycles. The Balaban J connectivity index is 1.82. The van der Waals surface area contributed by atoms with E-state index in [1.807, 2.05) is 12.2 Å². The quantitative estimate of drug-likeness (QED) is 0.640. The Kier molecular flexibility index (Phi) is 5.25. The van der Waals surface area contributed by atoms with E-state index in [4.69, 9.17) is 0 Å². The molecule has 1 aromatic heterocycles. The highest BCUT2D eigenvalue weighted by atomic mass is 32.1. The van der Waals surface area contributed by atoms with E-state index in [-0.39, 0.29) is 28.0 Å². The van der Waals surface area contributed by atoms with E-state index in [2.05, 4.69) is 32.2 Å². The maximum atomic E-state index is 12.9. The van der Waals surface area contributed by atoms with Crippen molar-refractivity contribution >= 4 is 39.4 Å². The van der Waals surface area contributed by atoms with Crippen LogP contribution in [0.5, 0.6) is 0 Å². The third-order valence-electron chi connectivity index (χ3n) is 6.01. The fraction of sp³-hybridized carbons (Fsp3) is 0.526. The van der Waals surface area contributed by atoms with Crippen molar-refractivity contribution in [2.75, 3.05) is 16.8 Å². The summed E-state index contributed by atoms with van der Waals surface area (Å²) < 4.78 is 38.7. The minimum Gasteiger partial charge on any atom is -0.368 e. The second kappa shape index (κ2) is 7.60. The van der Waals surface area contributed by atoms with Gasteiger partial charge in [-0.15, -0.1) is 20.4 Å². The van der Waals surface area contributed by atoms with Gasteiger partial charge in [0.25, 0.3) is 5.13 Å². The SMILES string of the molecule is CCN1c2cc(NC(=O)C(F)(F)F)c(N=Nc3nncs3)cc2C2(C)CCCCC12. The van der Waals surface area contributed by atoms with E-state index in [0.717, 1.165) is 54.8 Å². The zero-order valence-corrected chi connectivity index (χ0v) is 17.3. The average Bonchev–Trinajstić information content (AvgIpc) is 3.29. The molecule has 11 heteroatoms. The van der Waals surface area contributed by atoms with Crippen LogP contribution in [0.3, 0.4) is 0 Å². The van der Waals surface area contributed by atoms with Gasteiger partial charge in [0.05, 0.1) is 5.69 Å². The van der Waals surface area contributed by atoms with Crippen molar-refractivity contribution in [2.24, 2.45) is 10.2 Å². The molecule has 2 aromatic rings. The van der Waals surface area contributed by atoms with Gasteiger partial charge in [-0.1, -0.05) is 31.1 Å². The Bertz CT molecular complexity index is 977. The Morgan fingerprint density at radius 1 is 1.37 bits per heavy atom. The maximum Gasteiger partial charge on any atom is 0.471 e. The number of likely N-dealkylation sites (N-methyl/N-ethyl adjacent to an activating group) is 1. The highest BCUT2D eigenvalue weighted by Crippen LogP contribution is 2.54. The molecule has 0 bridgehead atoms. The molecule has 1 N–H and O–H groups in total. The summed E-state index contributed by atoms with van der Waals surface area (Å²) in [6, 6.07) is 3.63. The largest absolute Gasteiger partial charge is 0.471 e. The van der Waals surface area contributed by atoms with Crippen LogP contribution in [0, 0.1) is 0 Å². The molecule has 2 atom stereocenters. The van der Waals surface area contributed by atoms with E-state index in [1.54, 1.807) is 12.1 Å². The van der Waals surface area contributed by atoms with Gasteiger partial charge in [-0.25, -0.2) is 0 Å². The molecular weight excluding hydrogens is 417 g/mol. The third-order valence-corrected chi connectivity index (χ3v) is 6.59. The van der Waals surface area contributed by atoms with E-state index in [9.17, 15) is 18.0 Å². The number of alkyl halides is 3. The van der Waals surface area contributed by atoms with Crippen LogP contribution < -0.4 is 10.2 Å². The minimum atomic E-state index is -5.00. The first-order valence-corrected chi connectivity index (χ1v) is 10.6. The molecule has 1 aliphatic heterocycles. The average molecular weight is 438 g/mol. The number of halogens is 3. The van der Waals surface area contributed by atoms with Gasteiger partial charge in [-0.3, -0.25) is 4.79 Å². The number of anilines is 2. The summed E-state index contributed by atoms with van der Waals surface area (Å²) in [5.74, 6) is -2.04. The Hall–Kier alpha value is -2.56. The first-order valence-electron chi connectivity index (χ1n) is 9.75. The van der Waals surface area contributed by atoms with Crippen molar-refractivity contribution < 1.29 is 18.0 Å². The molecule has 0 saturated heterocycles. The summed E-state index contributed by atoms with van der Waals surface area (Å²) in [7, 11) is 0. The summed E-state index contributed by atoms with van der Waals surface area (Å²) in [4.78, 5) is 13.9. The minimum absolute atomic E-state index is 0.0231. The third kappa shape index (κ3) is 3.55. The lowest BCUT2D eigenvalue weighted by molar-refractivity contribution is -0.167. The molecule has 1 aromatic carbocycles. The monoisotopic (exact) mass is 438 g/mol. The van der Waals surface area contributed by atoms with Crippen LogP contribution in [0.15, 0.2) is 27.9 Å². The number of carbonyl (C=O) groups excluding carboxylic acids is 1. The van der Waals surface area contributed by atoms with Crippen LogP contribution in [0.2, 0.25) is 0 Å². The molecule has 7 nitrogen and oxygen atoms in total. The Morgan fingerprint density at radius 2 is 2.17 bits per heavy atom.